The highest BCUT2D eigenvalue weighted by Crippen LogP contribution is 2.36. The second-order valence-electron chi connectivity index (χ2n) is 7.62. The summed E-state index contributed by atoms with van der Waals surface area (Å²) < 4.78 is 11.2. The number of carbonyl (C=O) groups is 2. The van der Waals surface area contributed by atoms with Gasteiger partial charge in [-0.3, -0.25) is 14.5 Å². The molecule has 2 amide bonds. The summed E-state index contributed by atoms with van der Waals surface area (Å²) in [5.74, 6) is 0.334. The molecule has 7 heteroatoms. The number of hydrogen-bond acceptors (Lipinski definition) is 5. The summed E-state index contributed by atoms with van der Waals surface area (Å²) >= 11 is 0. The molecule has 31 heavy (non-hydrogen) atoms. The summed E-state index contributed by atoms with van der Waals surface area (Å²) in [5.41, 5.74) is 2.25. The number of fused-ring (bicyclic) bond motifs is 1. The van der Waals surface area contributed by atoms with Crippen molar-refractivity contribution in [2.75, 3.05) is 49.6 Å². The smallest absolute Gasteiger partial charge is 0.267 e. The number of benzene rings is 2. The largest absolute Gasteiger partial charge is 0.479 e. The average molecular weight is 421 g/mol. The number of hydrogen-bond donors (Lipinski definition) is 1. The van der Waals surface area contributed by atoms with E-state index >= 15 is 0 Å². The van der Waals surface area contributed by atoms with Gasteiger partial charge in [-0.05, 0) is 36.8 Å². The van der Waals surface area contributed by atoms with Crippen LogP contribution in [0.2, 0.25) is 0 Å². The van der Waals surface area contributed by atoms with Crippen LogP contribution in [0.3, 0.4) is 0 Å². The summed E-state index contributed by atoms with van der Waals surface area (Å²) in [6, 6.07) is 15.0. The fraction of sp³-hybridized carbons (Fsp3) is 0.333. The minimum absolute atomic E-state index is 0.0757. The molecule has 0 radical (unpaired) electrons. The van der Waals surface area contributed by atoms with E-state index in [9.17, 15) is 9.59 Å². The molecular weight excluding hydrogens is 394 g/mol. The number of nitrogens with one attached hydrogen (secondary N) is 1. The van der Waals surface area contributed by atoms with Gasteiger partial charge in [-0.2, -0.15) is 0 Å². The maximum Gasteiger partial charge on any atom is 0.267 e. The first-order valence-electron chi connectivity index (χ1n) is 10.6. The predicted octanol–water partition coefficient (Wildman–Crippen LogP) is 2.78. The molecule has 0 aliphatic carbocycles. The Morgan fingerprint density at radius 1 is 1.13 bits per heavy atom. The first-order chi connectivity index (χ1) is 15.1. The summed E-state index contributed by atoms with van der Waals surface area (Å²) in [4.78, 5) is 29.2. The van der Waals surface area contributed by atoms with Gasteiger partial charge in [0.05, 0.1) is 18.9 Å². The molecule has 0 spiro atoms. The molecule has 2 aromatic rings. The van der Waals surface area contributed by atoms with E-state index in [1.807, 2.05) is 30.3 Å². The molecule has 2 aliphatic rings. The van der Waals surface area contributed by atoms with Gasteiger partial charge in [-0.25, -0.2) is 0 Å². The summed E-state index contributed by atoms with van der Waals surface area (Å²) in [6.07, 6.45) is 2.72. The molecule has 4 rings (SSSR count). The van der Waals surface area contributed by atoms with Crippen LogP contribution in [0.5, 0.6) is 5.75 Å². The lowest BCUT2D eigenvalue weighted by Gasteiger charge is -2.35. The average Bonchev–Trinajstić information content (AvgIpc) is 2.80. The first kappa shape index (κ1) is 21.1. The number of anilines is 2. The molecule has 0 bridgehead atoms. The molecule has 1 N–H and O–H groups in total. The van der Waals surface area contributed by atoms with Crippen LogP contribution in [-0.2, 0) is 14.3 Å². The van der Waals surface area contributed by atoms with Crippen molar-refractivity contribution in [3.8, 4) is 5.75 Å². The summed E-state index contributed by atoms with van der Waals surface area (Å²) in [7, 11) is 0. The normalized spacial score (nSPS) is 19.2. The van der Waals surface area contributed by atoms with Crippen LogP contribution in [0, 0.1) is 0 Å². The van der Waals surface area contributed by atoms with Gasteiger partial charge in [0.25, 0.3) is 5.91 Å². The third kappa shape index (κ3) is 5.31. The highest BCUT2D eigenvalue weighted by atomic mass is 16.5. The maximum absolute atomic E-state index is 12.8. The molecule has 1 fully saturated rings. The number of ether oxygens (including phenoxy) is 2. The van der Waals surface area contributed by atoms with Crippen LogP contribution in [0.4, 0.5) is 11.4 Å². The van der Waals surface area contributed by atoms with Gasteiger partial charge in [-0.15, -0.1) is 0 Å². The van der Waals surface area contributed by atoms with E-state index in [0.29, 0.717) is 23.7 Å². The van der Waals surface area contributed by atoms with Gasteiger partial charge >= 0.3 is 0 Å². The molecule has 0 saturated carbocycles. The molecule has 1 unspecified atom stereocenters. The van der Waals surface area contributed by atoms with E-state index in [2.05, 4.69) is 10.2 Å². The molecule has 2 aliphatic heterocycles. The Bertz CT molecular complexity index is 955. The molecule has 1 atom stereocenters. The number of rotatable bonds is 6. The van der Waals surface area contributed by atoms with Crippen LogP contribution < -0.4 is 15.0 Å². The van der Waals surface area contributed by atoms with Gasteiger partial charge in [0.1, 0.15) is 5.75 Å². The number of morpholine rings is 1. The van der Waals surface area contributed by atoms with Crippen LogP contribution in [0.1, 0.15) is 12.5 Å². The molecule has 2 heterocycles. The molecule has 1 saturated heterocycles. The van der Waals surface area contributed by atoms with E-state index in [1.165, 1.54) is 6.08 Å². The van der Waals surface area contributed by atoms with Crippen molar-refractivity contribution >= 4 is 29.3 Å². The fourth-order valence-electron chi connectivity index (χ4n) is 3.70. The van der Waals surface area contributed by atoms with Crippen molar-refractivity contribution < 1.29 is 19.1 Å². The Hall–Kier alpha value is -3.16. The zero-order valence-electron chi connectivity index (χ0n) is 17.6. The van der Waals surface area contributed by atoms with Crippen molar-refractivity contribution in [2.24, 2.45) is 0 Å². The van der Waals surface area contributed by atoms with Gasteiger partial charge in [0.15, 0.2) is 6.10 Å². The predicted molar refractivity (Wildman–Crippen MR) is 120 cm³/mol. The minimum Gasteiger partial charge on any atom is -0.479 e. The van der Waals surface area contributed by atoms with Gasteiger partial charge in [0.2, 0.25) is 5.91 Å². The summed E-state index contributed by atoms with van der Waals surface area (Å²) in [6.45, 7) is 6.25. The highest BCUT2D eigenvalue weighted by Gasteiger charge is 2.32. The standard InChI is InChI=1S/C24H27N3O4/c1-18-24(29)27(12-11-26-13-15-30-16-14-26)21-17-20(8-9-22(21)31-18)25-23(28)10-7-19-5-3-2-4-6-19/h2-10,17-18H,11-16H2,1H3,(H,25,28)/b10-7+. The van der Waals surface area contributed by atoms with Crippen LogP contribution in [0.25, 0.3) is 6.08 Å². The van der Waals surface area contributed by atoms with E-state index in [1.54, 1.807) is 36.1 Å². The Balaban J connectivity index is 1.46. The maximum atomic E-state index is 12.8. The third-order valence-corrected chi connectivity index (χ3v) is 5.41. The van der Waals surface area contributed by atoms with Crippen LogP contribution in [-0.4, -0.2) is 62.2 Å². The number of amides is 2. The highest BCUT2D eigenvalue weighted by molar-refractivity contribution is 6.04. The minimum atomic E-state index is -0.536. The van der Waals surface area contributed by atoms with Crippen molar-refractivity contribution in [1.29, 1.82) is 0 Å². The Morgan fingerprint density at radius 2 is 1.90 bits per heavy atom. The Morgan fingerprint density at radius 3 is 2.68 bits per heavy atom. The fourth-order valence-corrected chi connectivity index (χ4v) is 3.70. The number of carbonyl (C=O) groups excluding carboxylic acids is 2. The lowest BCUT2D eigenvalue weighted by Crippen LogP contribution is -2.48. The second-order valence-corrected chi connectivity index (χ2v) is 7.62. The molecule has 162 valence electrons. The van der Waals surface area contributed by atoms with E-state index in [0.717, 1.165) is 38.4 Å². The molecule has 7 nitrogen and oxygen atoms in total. The topological polar surface area (TPSA) is 71.1 Å². The van der Waals surface area contributed by atoms with Crippen LogP contribution >= 0.6 is 0 Å². The van der Waals surface area contributed by atoms with Crippen molar-refractivity contribution in [3.63, 3.8) is 0 Å². The number of nitrogens with zero attached hydrogens (tertiary/aromatic N) is 2. The second kappa shape index (κ2) is 9.76. The van der Waals surface area contributed by atoms with E-state index < -0.39 is 6.10 Å². The monoisotopic (exact) mass is 421 g/mol. The van der Waals surface area contributed by atoms with E-state index in [4.69, 9.17) is 9.47 Å². The SMILES string of the molecule is CC1Oc2ccc(NC(=O)/C=C/c3ccccc3)cc2N(CCN2CCOCC2)C1=O. The Kier molecular flexibility index (Phi) is 6.64. The van der Waals surface area contributed by atoms with Gasteiger partial charge in [-0.1, -0.05) is 30.3 Å². The lowest BCUT2D eigenvalue weighted by atomic mass is 10.1. The zero-order chi connectivity index (χ0) is 21.6. The van der Waals surface area contributed by atoms with Gasteiger partial charge in [0, 0.05) is 37.9 Å². The molecule has 0 aromatic heterocycles. The Labute approximate surface area is 182 Å². The van der Waals surface area contributed by atoms with Crippen molar-refractivity contribution in [2.45, 2.75) is 13.0 Å². The quantitative estimate of drug-likeness (QED) is 0.727. The zero-order valence-corrected chi connectivity index (χ0v) is 17.6. The first-order valence-corrected chi connectivity index (χ1v) is 10.6. The molecule has 2 aromatic carbocycles. The summed E-state index contributed by atoms with van der Waals surface area (Å²) in [5, 5.41) is 2.87. The lowest BCUT2D eigenvalue weighted by molar-refractivity contribution is -0.125. The van der Waals surface area contributed by atoms with Crippen molar-refractivity contribution in [3.05, 3.63) is 60.2 Å². The third-order valence-electron chi connectivity index (χ3n) is 5.41. The van der Waals surface area contributed by atoms with Gasteiger partial charge < -0.3 is 19.7 Å². The molecular formula is C24H27N3O4. The van der Waals surface area contributed by atoms with Crippen molar-refractivity contribution in [1.82, 2.24) is 4.90 Å². The van der Waals surface area contributed by atoms with Crippen LogP contribution in [0.15, 0.2) is 54.6 Å². The van der Waals surface area contributed by atoms with E-state index in [-0.39, 0.29) is 11.8 Å².